The summed E-state index contributed by atoms with van der Waals surface area (Å²) in [4.78, 5) is 9.03. The fourth-order valence-electron chi connectivity index (χ4n) is 1.56. The van der Waals surface area contributed by atoms with Gasteiger partial charge in [-0.15, -0.1) is 0 Å². The SMILES string of the molecule is CCC(N)Cc1nc(COC)cc(C(C)C)n1. The quantitative estimate of drug-likeness (QED) is 0.822. The van der Waals surface area contributed by atoms with E-state index in [4.69, 9.17) is 10.5 Å². The van der Waals surface area contributed by atoms with Gasteiger partial charge in [0.05, 0.1) is 12.3 Å². The molecule has 1 rings (SSSR count). The lowest BCUT2D eigenvalue weighted by Gasteiger charge is -2.12. The van der Waals surface area contributed by atoms with E-state index in [-0.39, 0.29) is 6.04 Å². The average molecular weight is 237 g/mol. The Morgan fingerprint density at radius 1 is 1.35 bits per heavy atom. The number of hydrogen-bond donors (Lipinski definition) is 1. The summed E-state index contributed by atoms with van der Waals surface area (Å²) in [6, 6.07) is 2.14. The number of nitrogens with two attached hydrogens (primary N) is 1. The maximum absolute atomic E-state index is 5.94. The maximum atomic E-state index is 5.94. The summed E-state index contributed by atoms with van der Waals surface area (Å²) in [6.45, 7) is 6.86. The number of aromatic nitrogens is 2. The van der Waals surface area contributed by atoms with E-state index in [1.807, 2.05) is 6.07 Å². The first-order valence-corrected chi connectivity index (χ1v) is 6.18. The van der Waals surface area contributed by atoms with Crippen LogP contribution in [0.4, 0.5) is 0 Å². The van der Waals surface area contributed by atoms with Crippen LogP contribution in [0, 0.1) is 0 Å². The topological polar surface area (TPSA) is 61.0 Å². The molecule has 0 bridgehead atoms. The van der Waals surface area contributed by atoms with Gasteiger partial charge in [-0.2, -0.15) is 0 Å². The zero-order chi connectivity index (χ0) is 12.8. The van der Waals surface area contributed by atoms with E-state index in [1.54, 1.807) is 7.11 Å². The molecule has 96 valence electrons. The van der Waals surface area contributed by atoms with E-state index < -0.39 is 0 Å². The van der Waals surface area contributed by atoms with E-state index in [0.29, 0.717) is 12.5 Å². The highest BCUT2D eigenvalue weighted by Gasteiger charge is 2.10. The van der Waals surface area contributed by atoms with E-state index in [0.717, 1.165) is 30.1 Å². The van der Waals surface area contributed by atoms with Crippen LogP contribution in [0.25, 0.3) is 0 Å². The number of ether oxygens (including phenoxy) is 1. The fourth-order valence-corrected chi connectivity index (χ4v) is 1.56. The lowest BCUT2D eigenvalue weighted by molar-refractivity contribution is 0.181. The lowest BCUT2D eigenvalue weighted by Crippen LogP contribution is -2.23. The first-order chi connectivity index (χ1) is 8.06. The minimum Gasteiger partial charge on any atom is -0.378 e. The van der Waals surface area contributed by atoms with Gasteiger partial charge in [0, 0.05) is 25.3 Å². The Kier molecular flexibility index (Phi) is 5.51. The second kappa shape index (κ2) is 6.67. The molecule has 17 heavy (non-hydrogen) atoms. The van der Waals surface area contributed by atoms with E-state index in [1.165, 1.54) is 0 Å². The van der Waals surface area contributed by atoms with Crippen LogP contribution >= 0.6 is 0 Å². The standard InChI is InChI=1S/C13H23N3O/c1-5-10(14)6-13-15-11(8-17-4)7-12(16-13)9(2)3/h7,9-10H,5-6,8,14H2,1-4H3. The minimum atomic E-state index is 0.132. The molecule has 4 nitrogen and oxygen atoms in total. The molecule has 2 N–H and O–H groups in total. The van der Waals surface area contributed by atoms with Gasteiger partial charge in [0.1, 0.15) is 5.82 Å². The van der Waals surface area contributed by atoms with Crippen LogP contribution in [-0.4, -0.2) is 23.1 Å². The Bertz CT molecular complexity index is 353. The van der Waals surface area contributed by atoms with Crippen molar-refractivity contribution in [2.24, 2.45) is 5.73 Å². The molecule has 1 heterocycles. The highest BCUT2D eigenvalue weighted by Crippen LogP contribution is 2.14. The highest BCUT2D eigenvalue weighted by molar-refractivity contribution is 5.14. The van der Waals surface area contributed by atoms with Crippen LogP contribution in [0.3, 0.4) is 0 Å². The number of methoxy groups -OCH3 is 1. The van der Waals surface area contributed by atoms with Gasteiger partial charge in [0.15, 0.2) is 0 Å². The van der Waals surface area contributed by atoms with E-state index in [9.17, 15) is 0 Å². The zero-order valence-corrected chi connectivity index (χ0v) is 11.2. The predicted molar refractivity (Wildman–Crippen MR) is 68.8 cm³/mol. The van der Waals surface area contributed by atoms with Gasteiger partial charge in [-0.1, -0.05) is 20.8 Å². The molecular formula is C13H23N3O. The average Bonchev–Trinajstić information content (AvgIpc) is 2.29. The largest absolute Gasteiger partial charge is 0.378 e. The van der Waals surface area contributed by atoms with Gasteiger partial charge in [0.2, 0.25) is 0 Å². The van der Waals surface area contributed by atoms with Crippen LogP contribution in [0.5, 0.6) is 0 Å². The van der Waals surface area contributed by atoms with Crippen LogP contribution in [-0.2, 0) is 17.8 Å². The Morgan fingerprint density at radius 2 is 2.06 bits per heavy atom. The molecule has 0 saturated heterocycles. The third-order valence-electron chi connectivity index (χ3n) is 2.70. The molecule has 1 aromatic heterocycles. The van der Waals surface area contributed by atoms with Crippen LogP contribution in [0.15, 0.2) is 6.07 Å². The second-order valence-corrected chi connectivity index (χ2v) is 4.66. The normalized spacial score (nSPS) is 13.1. The Hall–Kier alpha value is -1.00. The molecule has 0 amide bonds. The number of rotatable bonds is 6. The molecule has 0 aliphatic carbocycles. The van der Waals surface area contributed by atoms with Crippen molar-refractivity contribution in [3.05, 3.63) is 23.3 Å². The molecule has 0 fully saturated rings. The summed E-state index contributed by atoms with van der Waals surface area (Å²) in [5.41, 5.74) is 7.94. The minimum absolute atomic E-state index is 0.132. The van der Waals surface area contributed by atoms with Gasteiger partial charge >= 0.3 is 0 Å². The monoisotopic (exact) mass is 237 g/mol. The molecule has 0 aliphatic rings. The third-order valence-corrected chi connectivity index (χ3v) is 2.70. The molecule has 0 aromatic carbocycles. The molecule has 1 aromatic rings. The van der Waals surface area contributed by atoms with Gasteiger partial charge in [-0.25, -0.2) is 9.97 Å². The van der Waals surface area contributed by atoms with Crippen molar-refractivity contribution in [1.29, 1.82) is 0 Å². The number of nitrogens with zero attached hydrogens (tertiary/aromatic N) is 2. The van der Waals surface area contributed by atoms with Gasteiger partial charge in [-0.3, -0.25) is 0 Å². The first-order valence-electron chi connectivity index (χ1n) is 6.18. The zero-order valence-electron chi connectivity index (χ0n) is 11.2. The van der Waals surface area contributed by atoms with Crippen molar-refractivity contribution in [3.63, 3.8) is 0 Å². The Labute approximate surface area is 104 Å². The fraction of sp³-hybridized carbons (Fsp3) is 0.692. The molecule has 0 saturated carbocycles. The van der Waals surface area contributed by atoms with Crippen LogP contribution in [0.2, 0.25) is 0 Å². The predicted octanol–water partition coefficient (Wildman–Crippen LogP) is 2.03. The summed E-state index contributed by atoms with van der Waals surface area (Å²) >= 11 is 0. The summed E-state index contributed by atoms with van der Waals surface area (Å²) in [5.74, 6) is 1.22. The second-order valence-electron chi connectivity index (χ2n) is 4.66. The van der Waals surface area contributed by atoms with Crippen LogP contribution < -0.4 is 5.73 Å². The van der Waals surface area contributed by atoms with Gasteiger partial charge < -0.3 is 10.5 Å². The molecule has 1 unspecified atom stereocenters. The molecular weight excluding hydrogens is 214 g/mol. The van der Waals surface area contributed by atoms with Crippen molar-refractivity contribution in [3.8, 4) is 0 Å². The van der Waals surface area contributed by atoms with Crippen molar-refractivity contribution < 1.29 is 4.74 Å². The molecule has 4 heteroatoms. The van der Waals surface area contributed by atoms with Crippen molar-refractivity contribution in [2.45, 2.75) is 52.2 Å². The molecule has 0 spiro atoms. The summed E-state index contributed by atoms with van der Waals surface area (Å²) in [5, 5.41) is 0. The van der Waals surface area contributed by atoms with Crippen molar-refractivity contribution in [2.75, 3.05) is 7.11 Å². The lowest BCUT2D eigenvalue weighted by atomic mass is 10.1. The Morgan fingerprint density at radius 3 is 2.59 bits per heavy atom. The Balaban J connectivity index is 2.94. The maximum Gasteiger partial charge on any atom is 0.130 e. The van der Waals surface area contributed by atoms with Gasteiger partial charge in [0.25, 0.3) is 0 Å². The van der Waals surface area contributed by atoms with E-state index in [2.05, 4.69) is 30.7 Å². The smallest absolute Gasteiger partial charge is 0.130 e. The summed E-state index contributed by atoms with van der Waals surface area (Å²) < 4.78 is 5.13. The molecule has 1 atom stereocenters. The van der Waals surface area contributed by atoms with Gasteiger partial charge in [-0.05, 0) is 18.4 Å². The molecule has 0 aliphatic heterocycles. The van der Waals surface area contributed by atoms with E-state index >= 15 is 0 Å². The van der Waals surface area contributed by atoms with Crippen molar-refractivity contribution in [1.82, 2.24) is 9.97 Å². The summed E-state index contributed by atoms with van der Waals surface area (Å²) in [6.07, 6.45) is 1.67. The summed E-state index contributed by atoms with van der Waals surface area (Å²) in [7, 11) is 1.68. The van der Waals surface area contributed by atoms with Crippen LogP contribution in [0.1, 0.15) is 50.3 Å². The first kappa shape index (κ1) is 14.1. The molecule has 0 radical (unpaired) electrons. The third kappa shape index (κ3) is 4.40. The number of hydrogen-bond acceptors (Lipinski definition) is 4. The van der Waals surface area contributed by atoms with Crippen molar-refractivity contribution >= 4 is 0 Å². The highest BCUT2D eigenvalue weighted by atomic mass is 16.5.